The molecule has 7 heteroatoms. The van der Waals surface area contributed by atoms with Crippen LogP contribution >= 0.6 is 11.6 Å². The van der Waals surface area contributed by atoms with Crippen molar-refractivity contribution in [3.05, 3.63) is 89.2 Å². The van der Waals surface area contributed by atoms with Crippen molar-refractivity contribution in [2.75, 3.05) is 11.9 Å². The summed E-state index contributed by atoms with van der Waals surface area (Å²) in [5.74, 6) is -0.375. The lowest BCUT2D eigenvalue weighted by molar-refractivity contribution is -0.118. The summed E-state index contributed by atoms with van der Waals surface area (Å²) in [4.78, 5) is 28.8. The highest BCUT2D eigenvalue weighted by Crippen LogP contribution is 2.21. The van der Waals surface area contributed by atoms with Gasteiger partial charge in [0.2, 0.25) is 0 Å². The number of pyridine rings is 1. The van der Waals surface area contributed by atoms with Gasteiger partial charge in [0.1, 0.15) is 5.75 Å². The number of hydrogen-bond acceptors (Lipinski definition) is 4. The Bertz CT molecular complexity index is 964. The molecule has 0 spiro atoms. The molecule has 28 heavy (non-hydrogen) atoms. The lowest BCUT2D eigenvalue weighted by Gasteiger charge is -2.12. The maximum atomic E-state index is 12.5. The zero-order chi connectivity index (χ0) is 19.8. The van der Waals surface area contributed by atoms with Gasteiger partial charge in [0.15, 0.2) is 6.61 Å². The largest absolute Gasteiger partial charge is 0.483 e. The van der Waals surface area contributed by atoms with Crippen LogP contribution in [0, 0.1) is 0 Å². The van der Waals surface area contributed by atoms with E-state index in [0.717, 1.165) is 5.69 Å². The molecule has 0 radical (unpaired) electrons. The van der Waals surface area contributed by atoms with Crippen molar-refractivity contribution in [1.29, 1.82) is 0 Å². The zero-order valence-electron chi connectivity index (χ0n) is 14.9. The summed E-state index contributed by atoms with van der Waals surface area (Å²) in [6, 6.07) is 19.1. The predicted molar refractivity (Wildman–Crippen MR) is 107 cm³/mol. The van der Waals surface area contributed by atoms with Gasteiger partial charge >= 0.3 is 0 Å². The molecule has 1 heterocycles. The Balaban J connectivity index is 1.59. The number of amides is 2. The minimum atomic E-state index is -0.378. The molecule has 1 aromatic heterocycles. The monoisotopic (exact) mass is 395 g/mol. The smallest absolute Gasteiger partial charge is 0.262 e. The van der Waals surface area contributed by atoms with Crippen LogP contribution in [0.1, 0.15) is 16.1 Å². The highest BCUT2D eigenvalue weighted by molar-refractivity contribution is 6.33. The average molecular weight is 396 g/mol. The summed E-state index contributed by atoms with van der Waals surface area (Å²) in [7, 11) is 0. The SMILES string of the molecule is O=C(COc1ccccc1C(=O)NCc1ccccn1)Nc1ccccc1Cl. The maximum Gasteiger partial charge on any atom is 0.262 e. The fourth-order valence-corrected chi connectivity index (χ4v) is 2.62. The molecular formula is C21H18ClN3O3. The molecule has 0 unspecified atom stereocenters. The number of nitrogens with one attached hydrogen (secondary N) is 2. The van der Waals surface area contributed by atoms with Gasteiger partial charge in [-0.15, -0.1) is 0 Å². The fourth-order valence-electron chi connectivity index (χ4n) is 2.44. The van der Waals surface area contributed by atoms with E-state index < -0.39 is 0 Å². The molecule has 3 rings (SSSR count). The third-order valence-electron chi connectivity index (χ3n) is 3.79. The maximum absolute atomic E-state index is 12.5. The van der Waals surface area contributed by atoms with E-state index in [-0.39, 0.29) is 18.4 Å². The number of hydrogen-bond donors (Lipinski definition) is 2. The van der Waals surface area contributed by atoms with E-state index in [1.54, 1.807) is 54.7 Å². The van der Waals surface area contributed by atoms with Gasteiger partial charge in [0.05, 0.1) is 28.5 Å². The molecule has 2 aromatic carbocycles. The first-order valence-corrected chi connectivity index (χ1v) is 8.95. The zero-order valence-corrected chi connectivity index (χ0v) is 15.6. The van der Waals surface area contributed by atoms with Gasteiger partial charge in [-0.3, -0.25) is 14.6 Å². The second-order valence-corrected chi connectivity index (χ2v) is 6.22. The van der Waals surface area contributed by atoms with Crippen LogP contribution in [0.4, 0.5) is 5.69 Å². The Morgan fingerprint density at radius 1 is 0.964 bits per heavy atom. The Kier molecular flexibility index (Phi) is 6.59. The van der Waals surface area contributed by atoms with Gasteiger partial charge in [-0.05, 0) is 36.4 Å². The Morgan fingerprint density at radius 2 is 1.71 bits per heavy atom. The molecular weight excluding hydrogens is 378 g/mol. The Morgan fingerprint density at radius 3 is 2.50 bits per heavy atom. The summed E-state index contributed by atoms with van der Waals surface area (Å²) in [5, 5.41) is 5.90. The fraction of sp³-hybridized carbons (Fsp3) is 0.0952. The van der Waals surface area contributed by atoms with Crippen LogP contribution in [0.3, 0.4) is 0 Å². The van der Waals surface area contributed by atoms with E-state index in [9.17, 15) is 9.59 Å². The molecule has 2 amide bonds. The Hall–Kier alpha value is -3.38. The van der Waals surface area contributed by atoms with Gasteiger partial charge < -0.3 is 15.4 Å². The molecule has 0 bridgehead atoms. The minimum absolute atomic E-state index is 0.254. The number of aromatic nitrogens is 1. The molecule has 0 aliphatic heterocycles. The van der Waals surface area contributed by atoms with E-state index in [4.69, 9.17) is 16.3 Å². The van der Waals surface area contributed by atoms with Crippen molar-refractivity contribution in [3.8, 4) is 5.75 Å². The van der Waals surface area contributed by atoms with Gasteiger partial charge in [-0.1, -0.05) is 41.9 Å². The van der Waals surface area contributed by atoms with E-state index in [2.05, 4.69) is 15.6 Å². The Labute approximate surface area is 167 Å². The number of anilines is 1. The van der Waals surface area contributed by atoms with Gasteiger partial charge in [0, 0.05) is 6.20 Å². The van der Waals surface area contributed by atoms with Crippen molar-refractivity contribution >= 4 is 29.1 Å². The summed E-state index contributed by atoms with van der Waals surface area (Å²) < 4.78 is 5.55. The van der Waals surface area contributed by atoms with Crippen LogP contribution in [0.5, 0.6) is 5.75 Å². The topological polar surface area (TPSA) is 80.3 Å². The van der Waals surface area contributed by atoms with Crippen LogP contribution in [0.2, 0.25) is 5.02 Å². The number of ether oxygens (including phenoxy) is 1. The quantitative estimate of drug-likeness (QED) is 0.639. The highest BCUT2D eigenvalue weighted by Gasteiger charge is 2.14. The molecule has 0 aliphatic carbocycles. The predicted octanol–water partition coefficient (Wildman–Crippen LogP) is 3.68. The lowest BCUT2D eigenvalue weighted by atomic mass is 10.2. The summed E-state index contributed by atoms with van der Waals surface area (Å²) >= 11 is 6.02. The molecule has 3 aromatic rings. The van der Waals surface area contributed by atoms with Crippen LogP contribution in [0.25, 0.3) is 0 Å². The molecule has 0 fully saturated rings. The van der Waals surface area contributed by atoms with Crippen molar-refractivity contribution in [3.63, 3.8) is 0 Å². The third kappa shape index (κ3) is 5.31. The third-order valence-corrected chi connectivity index (χ3v) is 4.12. The second-order valence-electron chi connectivity index (χ2n) is 5.82. The molecule has 142 valence electrons. The first kappa shape index (κ1) is 19.4. The van der Waals surface area contributed by atoms with Crippen molar-refractivity contribution in [1.82, 2.24) is 10.3 Å². The summed E-state index contributed by atoms with van der Waals surface area (Å²) in [6.45, 7) is 0.0384. The molecule has 0 aliphatic rings. The number of carbonyl (C=O) groups excluding carboxylic acids is 2. The number of para-hydroxylation sites is 2. The lowest BCUT2D eigenvalue weighted by Crippen LogP contribution is -2.25. The van der Waals surface area contributed by atoms with E-state index in [1.807, 2.05) is 18.2 Å². The number of benzene rings is 2. The van der Waals surface area contributed by atoms with Crippen LogP contribution in [0.15, 0.2) is 72.9 Å². The standard InChI is InChI=1S/C21H18ClN3O3/c22-17-9-2-3-10-18(17)25-20(26)14-28-19-11-4-1-8-16(19)21(27)24-13-15-7-5-6-12-23-15/h1-12H,13-14H2,(H,24,27)(H,25,26). The number of carbonyl (C=O) groups is 2. The van der Waals surface area contributed by atoms with Crippen molar-refractivity contribution < 1.29 is 14.3 Å². The van der Waals surface area contributed by atoms with Gasteiger partial charge in [0.25, 0.3) is 11.8 Å². The van der Waals surface area contributed by atoms with Gasteiger partial charge in [-0.25, -0.2) is 0 Å². The van der Waals surface area contributed by atoms with E-state index >= 15 is 0 Å². The van der Waals surface area contributed by atoms with Crippen LogP contribution < -0.4 is 15.4 Å². The normalized spacial score (nSPS) is 10.2. The van der Waals surface area contributed by atoms with Crippen LogP contribution in [-0.2, 0) is 11.3 Å². The van der Waals surface area contributed by atoms with Crippen molar-refractivity contribution in [2.45, 2.75) is 6.54 Å². The number of rotatable bonds is 7. The number of halogens is 1. The number of nitrogens with zero attached hydrogens (tertiary/aromatic N) is 1. The molecule has 2 N–H and O–H groups in total. The summed E-state index contributed by atoms with van der Waals surface area (Å²) in [5.41, 5.74) is 1.58. The molecule has 0 atom stereocenters. The first-order valence-electron chi connectivity index (χ1n) is 8.58. The molecule has 0 saturated carbocycles. The molecule has 6 nitrogen and oxygen atoms in total. The minimum Gasteiger partial charge on any atom is -0.483 e. The summed E-state index contributed by atoms with van der Waals surface area (Å²) in [6.07, 6.45) is 1.66. The van der Waals surface area contributed by atoms with Gasteiger partial charge in [-0.2, -0.15) is 0 Å². The van der Waals surface area contributed by atoms with E-state index in [1.165, 1.54) is 0 Å². The van der Waals surface area contributed by atoms with E-state index in [0.29, 0.717) is 28.6 Å². The highest BCUT2D eigenvalue weighted by atomic mass is 35.5. The second kappa shape index (κ2) is 9.53. The first-order chi connectivity index (χ1) is 13.6. The molecule has 0 saturated heterocycles. The van der Waals surface area contributed by atoms with Crippen LogP contribution in [-0.4, -0.2) is 23.4 Å². The van der Waals surface area contributed by atoms with Crippen molar-refractivity contribution in [2.24, 2.45) is 0 Å². The average Bonchev–Trinajstić information content (AvgIpc) is 2.73.